The Labute approximate surface area is 132 Å². The summed E-state index contributed by atoms with van der Waals surface area (Å²) in [6.07, 6.45) is 1.39. The molecule has 6 heteroatoms. The molecule has 1 aliphatic rings. The van der Waals surface area contributed by atoms with E-state index in [1.165, 1.54) is 11.3 Å². The average molecular weight is 404 g/mol. The number of thiophene rings is 1. The second-order valence-corrected chi connectivity index (χ2v) is 7.15. The van der Waals surface area contributed by atoms with Crippen LogP contribution in [-0.2, 0) is 24.2 Å². The molecule has 19 heavy (non-hydrogen) atoms. The number of hydrogen-bond acceptors (Lipinski definition) is 2. The fraction of sp³-hybridized carbons (Fsp3) is 0.308. The van der Waals surface area contributed by atoms with Gasteiger partial charge >= 0.3 is 0 Å². The molecule has 100 valence electrons. The normalized spacial score (nSPS) is 14.5. The molecular weight excluding hydrogens is 392 g/mol. The first-order valence-electron chi connectivity index (χ1n) is 6.00. The van der Waals surface area contributed by atoms with Crippen molar-refractivity contribution in [1.82, 2.24) is 9.88 Å². The van der Waals surface area contributed by atoms with E-state index in [0.717, 1.165) is 26.9 Å². The Bertz CT molecular complexity index is 606. The van der Waals surface area contributed by atoms with Gasteiger partial charge in [0, 0.05) is 35.6 Å². The van der Waals surface area contributed by atoms with Gasteiger partial charge in [-0.2, -0.15) is 0 Å². The zero-order chi connectivity index (χ0) is 13.4. The minimum absolute atomic E-state index is 0.206. The maximum absolute atomic E-state index is 12.3. The van der Waals surface area contributed by atoms with Gasteiger partial charge in [-0.1, -0.05) is 6.07 Å². The highest BCUT2D eigenvalue weighted by Crippen LogP contribution is 2.33. The third-order valence-electron chi connectivity index (χ3n) is 3.32. The Hall–Kier alpha value is -0.590. The summed E-state index contributed by atoms with van der Waals surface area (Å²) < 4.78 is 2.00. The first-order chi connectivity index (χ1) is 9.15. The number of hydrogen-bond donors (Lipinski definition) is 1. The van der Waals surface area contributed by atoms with Crippen LogP contribution in [-0.4, -0.2) is 22.3 Å². The van der Waals surface area contributed by atoms with E-state index in [0.29, 0.717) is 13.0 Å². The van der Waals surface area contributed by atoms with E-state index >= 15 is 0 Å². The SMILES string of the molecule is O=C(Cc1cccs1)N1CCc2[nH]c(Br)c(Br)c2C1. The van der Waals surface area contributed by atoms with Crippen LogP contribution >= 0.6 is 43.2 Å². The molecule has 3 heterocycles. The van der Waals surface area contributed by atoms with Crippen LogP contribution in [0.2, 0.25) is 0 Å². The molecule has 1 amide bonds. The number of halogens is 2. The van der Waals surface area contributed by atoms with Crippen molar-refractivity contribution < 1.29 is 4.79 Å². The molecule has 2 aromatic heterocycles. The summed E-state index contributed by atoms with van der Waals surface area (Å²) in [5.41, 5.74) is 2.41. The summed E-state index contributed by atoms with van der Waals surface area (Å²) in [5.74, 6) is 0.206. The van der Waals surface area contributed by atoms with Crippen LogP contribution in [0, 0.1) is 0 Å². The van der Waals surface area contributed by atoms with Gasteiger partial charge < -0.3 is 9.88 Å². The van der Waals surface area contributed by atoms with Crippen molar-refractivity contribution in [3.63, 3.8) is 0 Å². The highest BCUT2D eigenvalue weighted by atomic mass is 79.9. The number of H-pyrrole nitrogens is 1. The Morgan fingerprint density at radius 3 is 3.05 bits per heavy atom. The number of amides is 1. The fourth-order valence-electron chi connectivity index (χ4n) is 2.31. The topological polar surface area (TPSA) is 36.1 Å². The number of fused-ring (bicyclic) bond motifs is 1. The second-order valence-electron chi connectivity index (χ2n) is 4.53. The number of carbonyl (C=O) groups is 1. The van der Waals surface area contributed by atoms with E-state index in [1.807, 2.05) is 22.4 Å². The van der Waals surface area contributed by atoms with Crippen molar-refractivity contribution in [1.29, 1.82) is 0 Å². The summed E-state index contributed by atoms with van der Waals surface area (Å²) >= 11 is 8.67. The van der Waals surface area contributed by atoms with Crippen LogP contribution in [0.15, 0.2) is 26.6 Å². The Morgan fingerprint density at radius 1 is 1.47 bits per heavy atom. The minimum atomic E-state index is 0.206. The van der Waals surface area contributed by atoms with Crippen molar-refractivity contribution in [3.05, 3.63) is 42.7 Å². The van der Waals surface area contributed by atoms with Gasteiger partial charge in [0.2, 0.25) is 5.91 Å². The van der Waals surface area contributed by atoms with E-state index in [9.17, 15) is 4.79 Å². The number of rotatable bonds is 2. The van der Waals surface area contributed by atoms with Crippen LogP contribution in [0.1, 0.15) is 16.1 Å². The van der Waals surface area contributed by atoms with E-state index in [1.54, 1.807) is 11.3 Å². The highest BCUT2D eigenvalue weighted by molar-refractivity contribution is 9.13. The lowest BCUT2D eigenvalue weighted by atomic mass is 10.1. The number of aromatic nitrogens is 1. The van der Waals surface area contributed by atoms with Gasteiger partial charge in [-0.05, 0) is 43.3 Å². The number of nitrogens with zero attached hydrogens (tertiary/aromatic N) is 1. The summed E-state index contributed by atoms with van der Waals surface area (Å²) in [5, 5.41) is 2.01. The van der Waals surface area contributed by atoms with E-state index in [-0.39, 0.29) is 5.91 Å². The zero-order valence-corrected chi connectivity index (χ0v) is 14.1. The molecular formula is C13H12Br2N2OS. The van der Waals surface area contributed by atoms with Gasteiger partial charge in [0.05, 0.1) is 15.5 Å². The molecule has 1 aliphatic heterocycles. The molecule has 0 spiro atoms. The van der Waals surface area contributed by atoms with Gasteiger partial charge in [-0.15, -0.1) is 11.3 Å². The van der Waals surface area contributed by atoms with Gasteiger partial charge in [-0.3, -0.25) is 4.79 Å². The lowest BCUT2D eigenvalue weighted by Gasteiger charge is -2.27. The van der Waals surface area contributed by atoms with Crippen LogP contribution in [0.25, 0.3) is 0 Å². The van der Waals surface area contributed by atoms with Crippen molar-refractivity contribution in [2.24, 2.45) is 0 Å². The molecule has 0 atom stereocenters. The molecule has 0 fully saturated rings. The molecule has 3 nitrogen and oxygen atoms in total. The summed E-state index contributed by atoms with van der Waals surface area (Å²) in [6.45, 7) is 1.47. The quantitative estimate of drug-likeness (QED) is 0.814. The van der Waals surface area contributed by atoms with Gasteiger partial charge in [-0.25, -0.2) is 0 Å². The predicted molar refractivity (Wildman–Crippen MR) is 83.3 cm³/mol. The van der Waals surface area contributed by atoms with Gasteiger partial charge in [0.15, 0.2) is 0 Å². The van der Waals surface area contributed by atoms with Crippen LogP contribution in [0.4, 0.5) is 0 Å². The number of aromatic amines is 1. The molecule has 0 unspecified atom stereocenters. The predicted octanol–water partition coefficient (Wildman–Crippen LogP) is 3.73. The molecule has 0 aliphatic carbocycles. The molecule has 0 saturated heterocycles. The Balaban J connectivity index is 1.74. The van der Waals surface area contributed by atoms with E-state index in [4.69, 9.17) is 0 Å². The highest BCUT2D eigenvalue weighted by Gasteiger charge is 2.25. The molecule has 0 bridgehead atoms. The van der Waals surface area contributed by atoms with E-state index < -0.39 is 0 Å². The lowest BCUT2D eigenvalue weighted by Crippen LogP contribution is -2.36. The first-order valence-corrected chi connectivity index (χ1v) is 8.46. The summed E-state index contributed by atoms with van der Waals surface area (Å²) in [7, 11) is 0. The first kappa shape index (κ1) is 13.4. The smallest absolute Gasteiger partial charge is 0.228 e. The molecule has 0 saturated carbocycles. The third-order valence-corrected chi connectivity index (χ3v) is 6.20. The van der Waals surface area contributed by atoms with Crippen molar-refractivity contribution in [2.75, 3.05) is 6.54 Å². The van der Waals surface area contributed by atoms with Crippen molar-refractivity contribution >= 4 is 49.1 Å². The Kier molecular flexibility index (Phi) is 3.82. The number of nitrogens with one attached hydrogen (secondary N) is 1. The zero-order valence-electron chi connectivity index (χ0n) is 10.1. The maximum atomic E-state index is 12.3. The van der Waals surface area contributed by atoms with Crippen LogP contribution in [0.3, 0.4) is 0 Å². The minimum Gasteiger partial charge on any atom is -0.352 e. The fourth-order valence-corrected chi connectivity index (χ4v) is 3.95. The molecule has 2 aromatic rings. The monoisotopic (exact) mass is 402 g/mol. The number of carbonyl (C=O) groups excluding carboxylic acids is 1. The van der Waals surface area contributed by atoms with E-state index in [2.05, 4.69) is 36.8 Å². The second kappa shape index (κ2) is 5.42. The third kappa shape index (κ3) is 2.66. The molecule has 0 aromatic carbocycles. The maximum Gasteiger partial charge on any atom is 0.228 e. The van der Waals surface area contributed by atoms with Crippen molar-refractivity contribution in [3.8, 4) is 0 Å². The largest absolute Gasteiger partial charge is 0.352 e. The summed E-state index contributed by atoms with van der Waals surface area (Å²) in [4.78, 5) is 18.7. The molecule has 3 rings (SSSR count). The lowest BCUT2D eigenvalue weighted by molar-refractivity contribution is -0.131. The molecule has 1 N–H and O–H groups in total. The molecule has 0 radical (unpaired) electrons. The van der Waals surface area contributed by atoms with Gasteiger partial charge in [0.1, 0.15) is 0 Å². The van der Waals surface area contributed by atoms with Crippen molar-refractivity contribution in [2.45, 2.75) is 19.4 Å². The van der Waals surface area contributed by atoms with Gasteiger partial charge in [0.25, 0.3) is 0 Å². The average Bonchev–Trinajstić information content (AvgIpc) is 2.99. The van der Waals surface area contributed by atoms with Crippen LogP contribution in [0.5, 0.6) is 0 Å². The van der Waals surface area contributed by atoms with Crippen LogP contribution < -0.4 is 0 Å². The summed E-state index contributed by atoms with van der Waals surface area (Å²) in [6, 6.07) is 4.00. The standard InChI is InChI=1S/C13H12Br2N2OS/c14-12-9-7-17(4-3-10(9)16-13(12)15)11(18)6-8-2-1-5-19-8/h1-2,5,16H,3-4,6-7H2. The Morgan fingerprint density at radius 2 is 2.32 bits per heavy atom.